The van der Waals surface area contributed by atoms with Crippen LogP contribution in [-0.4, -0.2) is 20.0 Å². The number of hydrogen-bond donors (Lipinski definition) is 0. The third kappa shape index (κ3) is 6.49. The molecule has 0 spiro atoms. The summed E-state index contributed by atoms with van der Waals surface area (Å²) in [7, 11) is 0. The molecule has 0 amide bonds. The van der Waals surface area contributed by atoms with E-state index in [1.165, 1.54) is 92.6 Å². The minimum atomic E-state index is 0.839. The molecule has 2 heterocycles. The summed E-state index contributed by atoms with van der Waals surface area (Å²) in [5, 5.41) is 24.6. The van der Waals surface area contributed by atoms with Gasteiger partial charge >= 0.3 is 0 Å². The smallest absolute Gasteiger partial charge is 0.114 e. The van der Waals surface area contributed by atoms with E-state index in [0.717, 1.165) is 44.4 Å². The summed E-state index contributed by atoms with van der Waals surface area (Å²) in [5.74, 6) is 0. The highest BCUT2D eigenvalue weighted by Crippen LogP contribution is 2.46. The summed E-state index contributed by atoms with van der Waals surface area (Å²) >= 11 is 0. The van der Waals surface area contributed by atoms with Crippen molar-refractivity contribution in [1.29, 1.82) is 0 Å². The third-order valence-corrected chi connectivity index (χ3v) is 14.1. The van der Waals surface area contributed by atoms with E-state index in [1.54, 1.807) is 4.80 Å². The van der Waals surface area contributed by atoms with Crippen molar-refractivity contribution in [3.8, 4) is 61.3 Å². The van der Waals surface area contributed by atoms with E-state index in [-0.39, 0.29) is 0 Å². The van der Waals surface area contributed by atoms with Crippen molar-refractivity contribution in [3.05, 3.63) is 243 Å². The summed E-state index contributed by atoms with van der Waals surface area (Å²) in [4.78, 5) is 6.35. The van der Waals surface area contributed by atoms with Crippen LogP contribution in [0.2, 0.25) is 0 Å². The summed E-state index contributed by atoms with van der Waals surface area (Å²) in [6, 6.07) is 83.5. The van der Waals surface area contributed by atoms with Gasteiger partial charge in [0.1, 0.15) is 11.0 Å². The van der Waals surface area contributed by atoms with Crippen LogP contribution in [0.25, 0.3) is 137 Å². The van der Waals surface area contributed by atoms with E-state index >= 15 is 0 Å². The second-order valence-corrected chi connectivity index (χ2v) is 18.0. The highest BCUT2D eigenvalue weighted by atomic mass is 15.5. The van der Waals surface area contributed by atoms with Crippen molar-refractivity contribution in [2.45, 2.75) is 0 Å². The fraction of sp³-hybridized carbons (Fsp3) is 0. The topological polar surface area (TPSA) is 43.6 Å². The van der Waals surface area contributed by atoms with Crippen molar-refractivity contribution in [1.82, 2.24) is 20.0 Å². The number of benzene rings is 12. The normalized spacial score (nSPS) is 11.8. The van der Waals surface area contributed by atoms with Gasteiger partial charge in [0.05, 0.1) is 5.69 Å². The Balaban J connectivity index is 0.860. The Hall–Kier alpha value is -9.25. The van der Waals surface area contributed by atoms with Crippen LogP contribution < -0.4 is 0 Å². The van der Waals surface area contributed by atoms with Gasteiger partial charge in [-0.1, -0.05) is 188 Å². The molecular weight excluding hydrogens is 837 g/mol. The number of aromatic nitrogens is 4. The second-order valence-electron chi connectivity index (χ2n) is 18.0. The summed E-state index contributed by atoms with van der Waals surface area (Å²) < 4.78 is 0. The zero-order chi connectivity index (χ0) is 45.4. The molecule has 0 atom stereocenters. The minimum Gasteiger partial charge on any atom is -0.263 e. The summed E-state index contributed by atoms with van der Waals surface area (Å²) in [6.45, 7) is 0. The number of pyridine rings is 1. The van der Waals surface area contributed by atoms with Crippen molar-refractivity contribution in [3.63, 3.8) is 0 Å². The Kier molecular flexibility index (Phi) is 8.86. The number of fused-ring (bicyclic) bond motifs is 7. The Morgan fingerprint density at radius 1 is 0.261 bits per heavy atom. The van der Waals surface area contributed by atoms with Gasteiger partial charge in [-0.05, 0) is 152 Å². The SMILES string of the molecule is c1ccc2cc(-c3c4ccccc4c(-c4ccc5ccccc5c4)c4cc(-c5ccc6nn(-c7ccc(-c8ccc(-c9cncc%10ccccc9%10)c9ccccc89)cc7)nc6c5)ccc34)ccc2c1. The van der Waals surface area contributed by atoms with Crippen molar-refractivity contribution < 1.29 is 0 Å². The third-order valence-electron chi connectivity index (χ3n) is 14.1. The van der Waals surface area contributed by atoms with Crippen LogP contribution in [0.5, 0.6) is 0 Å². The minimum absolute atomic E-state index is 0.839. The lowest BCUT2D eigenvalue weighted by molar-refractivity contribution is 0.766. The molecule has 4 heteroatoms. The maximum absolute atomic E-state index is 5.07. The molecular formula is C65H40N4. The van der Waals surface area contributed by atoms with Crippen LogP contribution in [-0.2, 0) is 0 Å². The molecule has 0 saturated carbocycles. The van der Waals surface area contributed by atoms with Crippen LogP contribution in [0, 0.1) is 0 Å². The van der Waals surface area contributed by atoms with Crippen LogP contribution in [0.3, 0.4) is 0 Å². The summed E-state index contributed by atoms with van der Waals surface area (Å²) in [5.41, 5.74) is 14.3. The quantitative estimate of drug-likeness (QED) is 0.156. The van der Waals surface area contributed by atoms with Gasteiger partial charge in [0, 0.05) is 23.3 Å². The lowest BCUT2D eigenvalue weighted by Gasteiger charge is -2.19. The Morgan fingerprint density at radius 3 is 1.45 bits per heavy atom. The highest BCUT2D eigenvalue weighted by Gasteiger charge is 2.19. The molecule has 320 valence electrons. The first-order chi connectivity index (χ1) is 34.2. The van der Waals surface area contributed by atoms with Crippen molar-refractivity contribution >= 4 is 75.7 Å². The first-order valence-electron chi connectivity index (χ1n) is 23.5. The molecule has 12 aromatic carbocycles. The maximum Gasteiger partial charge on any atom is 0.114 e. The lowest BCUT2D eigenvalue weighted by atomic mass is 9.84. The molecule has 0 saturated heterocycles. The monoisotopic (exact) mass is 876 g/mol. The fourth-order valence-electron chi connectivity index (χ4n) is 10.8. The van der Waals surface area contributed by atoms with Crippen LogP contribution >= 0.6 is 0 Å². The molecule has 0 aliphatic rings. The number of nitrogens with zero attached hydrogens (tertiary/aromatic N) is 4. The average molecular weight is 877 g/mol. The van der Waals surface area contributed by atoms with Gasteiger partial charge < -0.3 is 0 Å². The van der Waals surface area contributed by atoms with Gasteiger partial charge in [0.2, 0.25) is 0 Å². The van der Waals surface area contributed by atoms with E-state index in [4.69, 9.17) is 10.2 Å². The molecule has 0 N–H and O–H groups in total. The van der Waals surface area contributed by atoms with Gasteiger partial charge in [-0.3, -0.25) is 4.98 Å². The molecule has 0 unspecified atom stereocenters. The van der Waals surface area contributed by atoms with Gasteiger partial charge in [-0.25, -0.2) is 0 Å². The van der Waals surface area contributed by atoms with Gasteiger partial charge in [-0.2, -0.15) is 4.80 Å². The van der Waals surface area contributed by atoms with Gasteiger partial charge in [-0.15, -0.1) is 10.2 Å². The molecule has 69 heavy (non-hydrogen) atoms. The van der Waals surface area contributed by atoms with Crippen molar-refractivity contribution in [2.24, 2.45) is 0 Å². The van der Waals surface area contributed by atoms with E-state index < -0.39 is 0 Å². The molecule has 14 aromatic rings. The van der Waals surface area contributed by atoms with Crippen LogP contribution in [0.15, 0.2) is 243 Å². The van der Waals surface area contributed by atoms with Crippen molar-refractivity contribution in [2.75, 3.05) is 0 Å². The first kappa shape index (κ1) is 39.0. The maximum atomic E-state index is 5.07. The molecule has 0 fully saturated rings. The van der Waals surface area contributed by atoms with E-state index in [0.29, 0.717) is 0 Å². The largest absolute Gasteiger partial charge is 0.263 e. The Bertz CT molecular complexity index is 4370. The number of rotatable bonds is 6. The second kappa shape index (κ2) is 15.7. The molecule has 0 aliphatic heterocycles. The average Bonchev–Trinajstić information content (AvgIpc) is 3.85. The molecule has 0 radical (unpaired) electrons. The van der Waals surface area contributed by atoms with Crippen LogP contribution in [0.1, 0.15) is 0 Å². The standard InChI is InChI=1S/C65H40N4/c1-3-13-44-35-48(23-21-41(44)11-1)64-57-19-9-10-20-58(57)65(49-24-22-42-12-2-4-14-45(42)36-49)60-37-46(27-31-59(60)64)47-28-34-62-63(38-47)68-69(67-62)51-29-25-43(26-30-51)53-32-33-56(55-18-8-7-17-54(53)55)61-40-66-39-50-15-5-6-16-52(50)61/h1-40H. The zero-order valence-corrected chi connectivity index (χ0v) is 37.4. The molecule has 14 rings (SSSR count). The van der Waals surface area contributed by atoms with Gasteiger partial charge in [0.15, 0.2) is 0 Å². The predicted octanol–water partition coefficient (Wildman–Crippen LogP) is 17.1. The summed E-state index contributed by atoms with van der Waals surface area (Å²) in [6.07, 6.45) is 3.92. The molecule has 0 bridgehead atoms. The molecule has 4 nitrogen and oxygen atoms in total. The van der Waals surface area contributed by atoms with E-state index in [9.17, 15) is 0 Å². The van der Waals surface area contributed by atoms with Gasteiger partial charge in [0.25, 0.3) is 0 Å². The highest BCUT2D eigenvalue weighted by molar-refractivity contribution is 6.23. The Labute approximate surface area is 398 Å². The predicted molar refractivity (Wildman–Crippen MR) is 289 cm³/mol. The fourth-order valence-corrected chi connectivity index (χ4v) is 10.8. The van der Waals surface area contributed by atoms with E-state index in [2.05, 4.69) is 236 Å². The van der Waals surface area contributed by atoms with Crippen LogP contribution in [0.4, 0.5) is 0 Å². The molecule has 0 aliphatic carbocycles. The Morgan fingerprint density at radius 2 is 0.754 bits per heavy atom. The molecule has 2 aromatic heterocycles. The first-order valence-corrected chi connectivity index (χ1v) is 23.5. The zero-order valence-electron chi connectivity index (χ0n) is 37.4. The lowest BCUT2D eigenvalue weighted by Crippen LogP contribution is -1.98. The van der Waals surface area contributed by atoms with E-state index in [1.807, 2.05) is 12.4 Å². The number of hydrogen-bond acceptors (Lipinski definition) is 3.